The second-order valence-electron chi connectivity index (χ2n) is 5.27. The Morgan fingerprint density at radius 3 is 2.90 bits per heavy atom. The average molecular weight is 285 g/mol. The first-order chi connectivity index (χ1) is 9.58. The molecule has 2 atom stereocenters. The number of nitrogens with two attached hydrogens (primary N) is 1. The molecule has 1 fully saturated rings. The number of nitrogens with zero attached hydrogens (tertiary/aromatic N) is 1. The first kappa shape index (κ1) is 16.9. The van der Waals surface area contributed by atoms with Gasteiger partial charge in [0.25, 0.3) is 0 Å². The fraction of sp³-hybridized carbons (Fsp3) is 0.857. The van der Waals surface area contributed by atoms with E-state index < -0.39 is 0 Å². The van der Waals surface area contributed by atoms with Crippen molar-refractivity contribution in [3.05, 3.63) is 0 Å². The van der Waals surface area contributed by atoms with Gasteiger partial charge in [0.1, 0.15) is 0 Å². The minimum Gasteiger partial charge on any atom is -0.466 e. The molecule has 1 rings (SSSR count). The van der Waals surface area contributed by atoms with Crippen molar-refractivity contribution in [2.75, 3.05) is 32.8 Å². The highest BCUT2D eigenvalue weighted by Crippen LogP contribution is 2.20. The predicted molar refractivity (Wildman–Crippen MR) is 77.1 cm³/mol. The lowest BCUT2D eigenvalue weighted by Crippen LogP contribution is -2.47. The predicted octanol–water partition coefficient (Wildman–Crippen LogP) is 0.115. The Labute approximate surface area is 121 Å². The fourth-order valence-electron chi connectivity index (χ4n) is 2.55. The van der Waals surface area contributed by atoms with Crippen LogP contribution in [0.1, 0.15) is 33.1 Å². The number of likely N-dealkylation sites (tertiary alicyclic amines) is 1. The van der Waals surface area contributed by atoms with Crippen LogP contribution >= 0.6 is 0 Å². The maximum atomic E-state index is 12.0. The minimum absolute atomic E-state index is 0.0000504. The van der Waals surface area contributed by atoms with E-state index in [0.717, 1.165) is 19.4 Å². The first-order valence-electron chi connectivity index (χ1n) is 7.45. The molecule has 0 saturated carbocycles. The lowest BCUT2D eigenvalue weighted by molar-refractivity contribution is -0.144. The van der Waals surface area contributed by atoms with E-state index in [0.29, 0.717) is 32.7 Å². The van der Waals surface area contributed by atoms with Crippen LogP contribution in [0.5, 0.6) is 0 Å². The molecular weight excluding hydrogens is 258 g/mol. The lowest BCUT2D eigenvalue weighted by Gasteiger charge is -2.35. The molecule has 0 bridgehead atoms. The molecule has 116 valence electrons. The zero-order chi connectivity index (χ0) is 15.0. The van der Waals surface area contributed by atoms with E-state index in [1.54, 1.807) is 6.92 Å². The van der Waals surface area contributed by atoms with E-state index in [4.69, 9.17) is 10.5 Å². The van der Waals surface area contributed by atoms with Gasteiger partial charge in [-0.05, 0) is 33.2 Å². The quantitative estimate of drug-likeness (QED) is 0.649. The molecule has 1 aliphatic heterocycles. The number of ether oxygens (including phenoxy) is 1. The molecule has 1 saturated heterocycles. The van der Waals surface area contributed by atoms with E-state index in [9.17, 15) is 9.59 Å². The molecule has 3 N–H and O–H groups in total. The van der Waals surface area contributed by atoms with Gasteiger partial charge >= 0.3 is 5.97 Å². The number of esters is 1. The van der Waals surface area contributed by atoms with Crippen LogP contribution in [0.2, 0.25) is 0 Å². The zero-order valence-electron chi connectivity index (χ0n) is 12.6. The monoisotopic (exact) mass is 285 g/mol. The van der Waals surface area contributed by atoms with Crippen LogP contribution in [-0.2, 0) is 14.3 Å². The number of amides is 1. The maximum Gasteiger partial charge on any atom is 0.307 e. The Kier molecular flexibility index (Phi) is 7.54. The van der Waals surface area contributed by atoms with E-state index in [-0.39, 0.29) is 23.8 Å². The molecule has 0 radical (unpaired) electrons. The van der Waals surface area contributed by atoms with Crippen LogP contribution in [0.25, 0.3) is 0 Å². The van der Waals surface area contributed by atoms with Crippen molar-refractivity contribution in [2.24, 2.45) is 11.7 Å². The van der Waals surface area contributed by atoms with Gasteiger partial charge in [0.2, 0.25) is 5.91 Å². The van der Waals surface area contributed by atoms with Crippen molar-refractivity contribution in [1.82, 2.24) is 10.2 Å². The topological polar surface area (TPSA) is 84.7 Å². The van der Waals surface area contributed by atoms with Gasteiger partial charge in [0.05, 0.1) is 18.9 Å². The van der Waals surface area contributed by atoms with Crippen LogP contribution in [0, 0.1) is 5.92 Å². The van der Waals surface area contributed by atoms with Gasteiger partial charge < -0.3 is 15.8 Å². The summed E-state index contributed by atoms with van der Waals surface area (Å²) in [6.45, 7) is 6.85. The standard InChI is InChI=1S/C14H27N3O3/c1-3-20-13(18)9-11(2)17-8-4-5-12(10-17)14(19)16-7-6-15/h11-12H,3-10,15H2,1-2H3,(H,16,19). The van der Waals surface area contributed by atoms with E-state index in [1.807, 2.05) is 6.92 Å². The van der Waals surface area contributed by atoms with Crippen molar-refractivity contribution in [3.63, 3.8) is 0 Å². The van der Waals surface area contributed by atoms with Crippen molar-refractivity contribution in [2.45, 2.75) is 39.2 Å². The summed E-state index contributed by atoms with van der Waals surface area (Å²) in [4.78, 5) is 25.7. The van der Waals surface area contributed by atoms with Crippen LogP contribution in [0.3, 0.4) is 0 Å². The maximum absolute atomic E-state index is 12.0. The van der Waals surface area contributed by atoms with Gasteiger partial charge in [-0.3, -0.25) is 14.5 Å². The number of carbonyl (C=O) groups excluding carboxylic acids is 2. The average Bonchev–Trinajstić information content (AvgIpc) is 2.45. The Bertz CT molecular complexity index is 323. The van der Waals surface area contributed by atoms with Gasteiger partial charge in [0.15, 0.2) is 0 Å². The summed E-state index contributed by atoms with van der Waals surface area (Å²) in [5.74, 6) is -0.0989. The molecule has 0 aliphatic carbocycles. The third-order valence-electron chi connectivity index (χ3n) is 3.66. The number of hydrogen-bond acceptors (Lipinski definition) is 5. The molecule has 0 spiro atoms. The van der Waals surface area contributed by atoms with Gasteiger partial charge in [-0.15, -0.1) is 0 Å². The second-order valence-corrected chi connectivity index (χ2v) is 5.27. The summed E-state index contributed by atoms with van der Waals surface area (Å²) in [6, 6.07) is 0.110. The number of hydrogen-bond donors (Lipinski definition) is 2. The number of rotatable bonds is 7. The van der Waals surface area contributed by atoms with Gasteiger partial charge in [0, 0.05) is 25.7 Å². The van der Waals surface area contributed by atoms with Crippen molar-refractivity contribution in [1.29, 1.82) is 0 Å². The van der Waals surface area contributed by atoms with Crippen molar-refractivity contribution in [3.8, 4) is 0 Å². The van der Waals surface area contributed by atoms with Gasteiger partial charge in [-0.2, -0.15) is 0 Å². The molecule has 0 aromatic rings. The molecular formula is C14H27N3O3. The lowest BCUT2D eigenvalue weighted by atomic mass is 9.95. The summed E-state index contributed by atoms with van der Waals surface area (Å²) in [5.41, 5.74) is 5.39. The summed E-state index contributed by atoms with van der Waals surface area (Å²) in [6.07, 6.45) is 2.26. The van der Waals surface area contributed by atoms with E-state index >= 15 is 0 Å². The Balaban J connectivity index is 2.43. The summed E-state index contributed by atoms with van der Waals surface area (Å²) >= 11 is 0. The van der Waals surface area contributed by atoms with Crippen LogP contribution in [-0.4, -0.2) is 55.6 Å². The Morgan fingerprint density at radius 1 is 1.50 bits per heavy atom. The highest BCUT2D eigenvalue weighted by Gasteiger charge is 2.28. The molecule has 20 heavy (non-hydrogen) atoms. The Hall–Kier alpha value is -1.14. The molecule has 1 heterocycles. The fourth-order valence-corrected chi connectivity index (χ4v) is 2.55. The van der Waals surface area contributed by atoms with Crippen molar-refractivity contribution >= 4 is 11.9 Å². The molecule has 1 aliphatic rings. The third kappa shape index (κ3) is 5.46. The Morgan fingerprint density at radius 2 is 2.25 bits per heavy atom. The zero-order valence-corrected chi connectivity index (χ0v) is 12.6. The van der Waals surface area contributed by atoms with Crippen LogP contribution in [0.4, 0.5) is 0 Å². The number of carbonyl (C=O) groups is 2. The second kappa shape index (κ2) is 8.92. The normalized spacial score (nSPS) is 21.2. The summed E-state index contributed by atoms with van der Waals surface area (Å²) in [7, 11) is 0. The molecule has 6 heteroatoms. The van der Waals surface area contributed by atoms with E-state index in [1.165, 1.54) is 0 Å². The molecule has 0 aromatic carbocycles. The van der Waals surface area contributed by atoms with Crippen LogP contribution < -0.4 is 11.1 Å². The van der Waals surface area contributed by atoms with Gasteiger partial charge in [-0.1, -0.05) is 0 Å². The molecule has 6 nitrogen and oxygen atoms in total. The van der Waals surface area contributed by atoms with Crippen molar-refractivity contribution < 1.29 is 14.3 Å². The largest absolute Gasteiger partial charge is 0.466 e. The molecule has 0 aromatic heterocycles. The SMILES string of the molecule is CCOC(=O)CC(C)N1CCCC(C(=O)NCCN)C1. The van der Waals surface area contributed by atoms with E-state index in [2.05, 4.69) is 10.2 Å². The number of nitrogens with one attached hydrogen (secondary N) is 1. The van der Waals surface area contributed by atoms with Gasteiger partial charge in [-0.25, -0.2) is 0 Å². The summed E-state index contributed by atoms with van der Waals surface area (Å²) < 4.78 is 4.97. The van der Waals surface area contributed by atoms with Crippen LogP contribution in [0.15, 0.2) is 0 Å². The minimum atomic E-state index is -0.172. The summed E-state index contributed by atoms with van der Waals surface area (Å²) in [5, 5.41) is 2.84. The smallest absolute Gasteiger partial charge is 0.307 e. The number of piperidine rings is 1. The highest BCUT2D eigenvalue weighted by molar-refractivity contribution is 5.79. The highest BCUT2D eigenvalue weighted by atomic mass is 16.5. The molecule has 2 unspecified atom stereocenters. The molecule has 1 amide bonds. The first-order valence-corrected chi connectivity index (χ1v) is 7.45. The third-order valence-corrected chi connectivity index (χ3v) is 3.66.